The Morgan fingerprint density at radius 2 is 1.83 bits per heavy atom. The minimum Gasteiger partial charge on any atom is -0.356 e. The largest absolute Gasteiger partial charge is 0.356 e. The van der Waals surface area contributed by atoms with Crippen molar-refractivity contribution in [3.8, 4) is 0 Å². The first-order valence-corrected chi connectivity index (χ1v) is 8.43. The van der Waals surface area contributed by atoms with E-state index in [1.807, 2.05) is 24.4 Å². The molecule has 0 radical (unpaired) electrons. The highest BCUT2D eigenvalue weighted by Crippen LogP contribution is 2.26. The maximum Gasteiger partial charge on any atom is 0.240 e. The van der Waals surface area contributed by atoms with Gasteiger partial charge in [-0.15, -0.1) is 24.8 Å². The second kappa shape index (κ2) is 9.44. The SMILES string of the molecule is Cl.Cl.NC1(C(=O)NC2CCN(c3ccccn3)CC2)CCCCC1. The lowest BCUT2D eigenvalue weighted by Crippen LogP contribution is -2.58. The molecule has 7 heteroatoms. The smallest absolute Gasteiger partial charge is 0.240 e. The number of piperidine rings is 1. The fraction of sp³-hybridized carbons (Fsp3) is 0.647. The van der Waals surface area contributed by atoms with E-state index < -0.39 is 5.54 Å². The van der Waals surface area contributed by atoms with Crippen molar-refractivity contribution in [3.05, 3.63) is 24.4 Å². The molecule has 2 heterocycles. The number of nitrogens with one attached hydrogen (secondary N) is 1. The first-order valence-electron chi connectivity index (χ1n) is 8.43. The van der Waals surface area contributed by atoms with E-state index in [0.717, 1.165) is 57.4 Å². The zero-order valence-electron chi connectivity index (χ0n) is 13.9. The van der Waals surface area contributed by atoms with Crippen molar-refractivity contribution in [2.75, 3.05) is 18.0 Å². The molecule has 1 saturated heterocycles. The molecule has 24 heavy (non-hydrogen) atoms. The number of carbonyl (C=O) groups excluding carboxylic acids is 1. The molecule has 1 amide bonds. The van der Waals surface area contributed by atoms with Crippen LogP contribution >= 0.6 is 24.8 Å². The van der Waals surface area contributed by atoms with Crippen molar-refractivity contribution in [3.63, 3.8) is 0 Å². The molecule has 0 aromatic carbocycles. The van der Waals surface area contributed by atoms with Crippen LogP contribution in [0.4, 0.5) is 5.82 Å². The van der Waals surface area contributed by atoms with Crippen LogP contribution in [0.2, 0.25) is 0 Å². The fourth-order valence-corrected chi connectivity index (χ4v) is 3.53. The van der Waals surface area contributed by atoms with E-state index in [9.17, 15) is 4.79 Å². The normalized spacial score (nSPS) is 20.5. The molecule has 1 aliphatic heterocycles. The lowest BCUT2D eigenvalue weighted by atomic mass is 9.81. The number of nitrogens with zero attached hydrogens (tertiary/aromatic N) is 2. The van der Waals surface area contributed by atoms with Crippen molar-refractivity contribution in [1.82, 2.24) is 10.3 Å². The van der Waals surface area contributed by atoms with Crippen molar-refractivity contribution in [2.45, 2.75) is 56.5 Å². The maximum atomic E-state index is 12.5. The number of amides is 1. The Labute approximate surface area is 156 Å². The third-order valence-corrected chi connectivity index (χ3v) is 5.00. The van der Waals surface area contributed by atoms with Gasteiger partial charge in [-0.3, -0.25) is 4.79 Å². The van der Waals surface area contributed by atoms with Gasteiger partial charge in [-0.05, 0) is 37.8 Å². The van der Waals surface area contributed by atoms with Gasteiger partial charge in [0.25, 0.3) is 0 Å². The topological polar surface area (TPSA) is 71.2 Å². The highest BCUT2D eigenvalue weighted by Gasteiger charge is 2.36. The van der Waals surface area contributed by atoms with E-state index in [4.69, 9.17) is 5.73 Å². The zero-order chi connectivity index (χ0) is 15.4. The lowest BCUT2D eigenvalue weighted by Gasteiger charge is -2.37. The number of anilines is 1. The first kappa shape index (κ1) is 21.0. The monoisotopic (exact) mass is 374 g/mol. The number of carbonyl (C=O) groups is 1. The molecular weight excluding hydrogens is 347 g/mol. The number of pyridine rings is 1. The van der Waals surface area contributed by atoms with Gasteiger partial charge in [0, 0.05) is 25.3 Å². The molecule has 3 N–H and O–H groups in total. The second-order valence-electron chi connectivity index (χ2n) is 6.64. The zero-order valence-corrected chi connectivity index (χ0v) is 15.6. The van der Waals surface area contributed by atoms with E-state index >= 15 is 0 Å². The van der Waals surface area contributed by atoms with Gasteiger partial charge in [-0.2, -0.15) is 0 Å². The Morgan fingerprint density at radius 1 is 1.17 bits per heavy atom. The van der Waals surface area contributed by atoms with Crippen LogP contribution in [0.3, 0.4) is 0 Å². The average Bonchev–Trinajstić information content (AvgIpc) is 2.57. The van der Waals surface area contributed by atoms with Gasteiger partial charge in [-0.1, -0.05) is 25.3 Å². The number of halogens is 2. The van der Waals surface area contributed by atoms with Crippen LogP contribution in [-0.2, 0) is 4.79 Å². The standard InChI is InChI=1S/C17H26N4O.2ClH/c18-17(9-3-1-4-10-17)16(22)20-14-7-12-21(13-8-14)15-6-2-5-11-19-15;;/h2,5-6,11,14H,1,3-4,7-10,12-13,18H2,(H,20,22);2*1H. The molecule has 0 unspecified atom stereocenters. The van der Waals surface area contributed by atoms with Gasteiger partial charge < -0.3 is 16.0 Å². The van der Waals surface area contributed by atoms with Gasteiger partial charge in [0.05, 0.1) is 5.54 Å². The Hall–Kier alpha value is -1.04. The predicted octanol–water partition coefficient (Wildman–Crippen LogP) is 2.67. The molecule has 5 nitrogen and oxygen atoms in total. The van der Waals surface area contributed by atoms with E-state index in [-0.39, 0.29) is 36.8 Å². The van der Waals surface area contributed by atoms with Crippen LogP contribution in [-0.4, -0.2) is 35.6 Å². The van der Waals surface area contributed by atoms with Crippen LogP contribution < -0.4 is 16.0 Å². The molecule has 1 aromatic rings. The molecule has 1 aliphatic carbocycles. The number of hydrogen-bond acceptors (Lipinski definition) is 4. The average molecular weight is 375 g/mol. The molecule has 1 aromatic heterocycles. The third-order valence-electron chi connectivity index (χ3n) is 5.00. The van der Waals surface area contributed by atoms with Crippen LogP contribution in [0.25, 0.3) is 0 Å². The summed E-state index contributed by atoms with van der Waals surface area (Å²) >= 11 is 0. The van der Waals surface area contributed by atoms with E-state index in [1.165, 1.54) is 6.42 Å². The molecule has 3 rings (SSSR count). The second-order valence-corrected chi connectivity index (χ2v) is 6.64. The Balaban J connectivity index is 0.00000144. The Bertz CT molecular complexity index is 501. The van der Waals surface area contributed by atoms with Crippen molar-refractivity contribution in [2.24, 2.45) is 5.73 Å². The van der Waals surface area contributed by atoms with Crippen LogP contribution in [0.5, 0.6) is 0 Å². The number of hydrogen-bond donors (Lipinski definition) is 2. The van der Waals surface area contributed by atoms with E-state index in [1.54, 1.807) is 0 Å². The summed E-state index contributed by atoms with van der Waals surface area (Å²) in [5.41, 5.74) is 5.68. The molecule has 0 bridgehead atoms. The summed E-state index contributed by atoms with van der Waals surface area (Å²) in [6.07, 6.45) is 8.73. The first-order chi connectivity index (χ1) is 10.7. The van der Waals surface area contributed by atoms with E-state index in [0.29, 0.717) is 0 Å². The summed E-state index contributed by atoms with van der Waals surface area (Å²) in [5, 5.41) is 3.19. The quantitative estimate of drug-likeness (QED) is 0.852. The summed E-state index contributed by atoms with van der Waals surface area (Å²) in [4.78, 5) is 19.1. The minimum absolute atomic E-state index is 0. The Kier molecular flexibility index (Phi) is 8.27. The number of rotatable bonds is 3. The summed E-state index contributed by atoms with van der Waals surface area (Å²) in [7, 11) is 0. The third kappa shape index (κ3) is 4.98. The number of nitrogens with two attached hydrogens (primary N) is 1. The molecule has 2 aliphatic rings. The summed E-state index contributed by atoms with van der Waals surface area (Å²) in [6.45, 7) is 1.86. The van der Waals surface area contributed by atoms with Crippen molar-refractivity contribution >= 4 is 36.5 Å². The minimum atomic E-state index is -0.629. The van der Waals surface area contributed by atoms with Crippen molar-refractivity contribution < 1.29 is 4.79 Å². The molecule has 0 spiro atoms. The van der Waals surface area contributed by atoms with Crippen LogP contribution in [0.1, 0.15) is 44.9 Å². The van der Waals surface area contributed by atoms with Gasteiger partial charge in [0.2, 0.25) is 5.91 Å². The maximum absolute atomic E-state index is 12.5. The van der Waals surface area contributed by atoms with Crippen LogP contribution in [0.15, 0.2) is 24.4 Å². The van der Waals surface area contributed by atoms with E-state index in [2.05, 4.69) is 15.2 Å². The van der Waals surface area contributed by atoms with Crippen LogP contribution in [0, 0.1) is 0 Å². The fourth-order valence-electron chi connectivity index (χ4n) is 3.53. The molecular formula is C17H28Cl2N4O. The van der Waals surface area contributed by atoms with Gasteiger partial charge >= 0.3 is 0 Å². The van der Waals surface area contributed by atoms with Gasteiger partial charge in [-0.25, -0.2) is 4.98 Å². The predicted molar refractivity (Wildman–Crippen MR) is 102 cm³/mol. The highest BCUT2D eigenvalue weighted by molar-refractivity contribution is 5.86. The molecule has 2 fully saturated rings. The van der Waals surface area contributed by atoms with Gasteiger partial charge in [0.1, 0.15) is 5.82 Å². The molecule has 1 saturated carbocycles. The molecule has 136 valence electrons. The Morgan fingerprint density at radius 3 is 2.42 bits per heavy atom. The summed E-state index contributed by atoms with van der Waals surface area (Å²) < 4.78 is 0. The highest BCUT2D eigenvalue weighted by atomic mass is 35.5. The summed E-state index contributed by atoms with van der Waals surface area (Å²) in [5.74, 6) is 1.08. The molecule has 0 atom stereocenters. The van der Waals surface area contributed by atoms with Crippen molar-refractivity contribution in [1.29, 1.82) is 0 Å². The number of aromatic nitrogens is 1. The lowest BCUT2D eigenvalue weighted by molar-refractivity contribution is -0.128. The summed E-state index contributed by atoms with van der Waals surface area (Å²) in [6, 6.07) is 6.23. The van der Waals surface area contributed by atoms with Gasteiger partial charge in [0.15, 0.2) is 0 Å².